The summed E-state index contributed by atoms with van der Waals surface area (Å²) in [4.78, 5) is 15.7. The van der Waals surface area contributed by atoms with E-state index in [9.17, 15) is 4.79 Å². The fraction of sp³-hybridized carbons (Fsp3) is 0.538. The number of anilines is 2. The molecule has 0 saturated heterocycles. The van der Waals surface area contributed by atoms with Gasteiger partial charge in [0.05, 0.1) is 23.8 Å². The first-order chi connectivity index (χ1) is 8.40. The minimum atomic E-state index is -0.176. The third kappa shape index (κ3) is 5.52. The Morgan fingerprint density at radius 2 is 1.94 bits per heavy atom. The van der Waals surface area contributed by atoms with E-state index in [1.807, 2.05) is 33.9 Å². The predicted molar refractivity (Wildman–Crippen MR) is 74.8 cm³/mol. The molecule has 0 aromatic carbocycles. The molecule has 0 radical (unpaired) electrons. The minimum absolute atomic E-state index is 0.0488. The quantitative estimate of drug-likeness (QED) is 0.746. The van der Waals surface area contributed by atoms with Crippen molar-refractivity contribution in [2.45, 2.75) is 32.7 Å². The average molecular weight is 250 g/mol. The molecule has 0 fully saturated rings. The Hall–Kier alpha value is -1.78. The summed E-state index contributed by atoms with van der Waals surface area (Å²) in [6.07, 6.45) is 3.93. The highest BCUT2D eigenvalue weighted by molar-refractivity contribution is 5.77. The fourth-order valence-corrected chi connectivity index (χ4v) is 1.47. The van der Waals surface area contributed by atoms with Crippen molar-refractivity contribution in [2.75, 3.05) is 24.2 Å². The molecule has 1 heterocycles. The molecule has 3 N–H and O–H groups in total. The topological polar surface area (TPSA) is 66.0 Å². The fourth-order valence-electron chi connectivity index (χ4n) is 1.47. The van der Waals surface area contributed by atoms with E-state index in [-0.39, 0.29) is 11.4 Å². The van der Waals surface area contributed by atoms with Gasteiger partial charge in [-0.1, -0.05) is 0 Å². The van der Waals surface area contributed by atoms with Gasteiger partial charge in [0.1, 0.15) is 0 Å². The molecule has 0 unspecified atom stereocenters. The summed E-state index contributed by atoms with van der Waals surface area (Å²) < 4.78 is 0. The first kappa shape index (κ1) is 14.3. The second-order valence-electron chi connectivity index (χ2n) is 5.19. The molecule has 0 spiro atoms. The van der Waals surface area contributed by atoms with E-state index in [1.54, 1.807) is 12.4 Å². The van der Waals surface area contributed by atoms with Crippen molar-refractivity contribution in [1.82, 2.24) is 10.3 Å². The van der Waals surface area contributed by atoms with E-state index in [1.165, 1.54) is 0 Å². The molecular weight excluding hydrogens is 228 g/mol. The number of amides is 1. The van der Waals surface area contributed by atoms with E-state index in [0.717, 1.165) is 11.4 Å². The molecule has 0 bridgehead atoms. The Kier molecular flexibility index (Phi) is 4.95. The van der Waals surface area contributed by atoms with Gasteiger partial charge in [0.25, 0.3) is 0 Å². The number of rotatable bonds is 5. The molecule has 5 heteroatoms. The molecule has 0 aliphatic heterocycles. The van der Waals surface area contributed by atoms with Crippen molar-refractivity contribution >= 4 is 17.3 Å². The van der Waals surface area contributed by atoms with Gasteiger partial charge in [-0.15, -0.1) is 0 Å². The van der Waals surface area contributed by atoms with Crippen LogP contribution in [0.5, 0.6) is 0 Å². The largest absolute Gasteiger partial charge is 0.387 e. The van der Waals surface area contributed by atoms with E-state index < -0.39 is 0 Å². The number of carbonyl (C=O) groups is 1. The van der Waals surface area contributed by atoms with Crippen LogP contribution in [0.25, 0.3) is 0 Å². The van der Waals surface area contributed by atoms with Gasteiger partial charge in [0, 0.05) is 25.6 Å². The van der Waals surface area contributed by atoms with E-state index in [0.29, 0.717) is 13.0 Å². The molecule has 0 saturated carbocycles. The van der Waals surface area contributed by atoms with Gasteiger partial charge in [0.2, 0.25) is 5.91 Å². The maximum Gasteiger partial charge on any atom is 0.222 e. The summed E-state index contributed by atoms with van der Waals surface area (Å²) in [5.74, 6) is 0.0488. The van der Waals surface area contributed by atoms with E-state index in [4.69, 9.17) is 0 Å². The van der Waals surface area contributed by atoms with Crippen molar-refractivity contribution in [3.63, 3.8) is 0 Å². The third-order valence-corrected chi connectivity index (χ3v) is 2.22. The zero-order valence-electron chi connectivity index (χ0n) is 11.5. The van der Waals surface area contributed by atoms with Crippen molar-refractivity contribution in [1.29, 1.82) is 0 Å². The Morgan fingerprint density at radius 1 is 1.28 bits per heavy atom. The zero-order valence-corrected chi connectivity index (χ0v) is 11.5. The van der Waals surface area contributed by atoms with Crippen molar-refractivity contribution in [2.24, 2.45) is 0 Å². The second-order valence-corrected chi connectivity index (χ2v) is 5.19. The third-order valence-electron chi connectivity index (χ3n) is 2.22. The van der Waals surface area contributed by atoms with Crippen molar-refractivity contribution < 1.29 is 4.79 Å². The average Bonchev–Trinajstić information content (AvgIpc) is 2.27. The molecule has 1 aromatic heterocycles. The molecule has 18 heavy (non-hydrogen) atoms. The van der Waals surface area contributed by atoms with Gasteiger partial charge in [-0.25, -0.2) is 0 Å². The number of carbonyl (C=O) groups excluding carboxylic acids is 1. The second kappa shape index (κ2) is 6.23. The number of hydrogen-bond acceptors (Lipinski definition) is 4. The Morgan fingerprint density at radius 3 is 2.56 bits per heavy atom. The van der Waals surface area contributed by atoms with Crippen LogP contribution in [-0.4, -0.2) is 30.0 Å². The molecular formula is C13H22N4O. The van der Waals surface area contributed by atoms with Gasteiger partial charge >= 0.3 is 0 Å². The van der Waals surface area contributed by atoms with Crippen LogP contribution in [0, 0.1) is 0 Å². The zero-order chi connectivity index (χ0) is 13.6. The van der Waals surface area contributed by atoms with E-state index >= 15 is 0 Å². The number of hydrogen-bond donors (Lipinski definition) is 3. The molecule has 1 aromatic rings. The first-order valence-corrected chi connectivity index (χ1v) is 6.08. The number of nitrogens with zero attached hydrogens (tertiary/aromatic N) is 1. The van der Waals surface area contributed by atoms with E-state index in [2.05, 4.69) is 20.9 Å². The van der Waals surface area contributed by atoms with Gasteiger partial charge in [-0.2, -0.15) is 0 Å². The SMILES string of the molecule is CNc1cncc(NCCC(=O)NC(C)(C)C)c1. The minimum Gasteiger partial charge on any atom is -0.387 e. The highest BCUT2D eigenvalue weighted by atomic mass is 16.1. The molecule has 1 amide bonds. The monoisotopic (exact) mass is 250 g/mol. The number of aromatic nitrogens is 1. The molecule has 100 valence electrons. The summed E-state index contributed by atoms with van der Waals surface area (Å²) in [5.41, 5.74) is 1.68. The lowest BCUT2D eigenvalue weighted by atomic mass is 10.1. The maximum atomic E-state index is 11.6. The smallest absolute Gasteiger partial charge is 0.222 e. The van der Waals surface area contributed by atoms with Crippen LogP contribution in [-0.2, 0) is 4.79 Å². The molecule has 0 aliphatic carbocycles. The summed E-state index contributed by atoms with van der Waals surface area (Å²) >= 11 is 0. The lowest BCUT2D eigenvalue weighted by Gasteiger charge is -2.20. The summed E-state index contributed by atoms with van der Waals surface area (Å²) in [6.45, 7) is 6.51. The highest BCUT2D eigenvalue weighted by Crippen LogP contribution is 2.11. The van der Waals surface area contributed by atoms with Gasteiger partial charge in [-0.05, 0) is 26.8 Å². The Balaban J connectivity index is 2.35. The predicted octanol–water partition coefficient (Wildman–Crippen LogP) is 1.84. The van der Waals surface area contributed by atoms with Crippen LogP contribution in [0.15, 0.2) is 18.5 Å². The summed E-state index contributed by atoms with van der Waals surface area (Å²) in [6, 6.07) is 1.95. The summed E-state index contributed by atoms with van der Waals surface area (Å²) in [7, 11) is 1.84. The van der Waals surface area contributed by atoms with Crippen LogP contribution in [0.3, 0.4) is 0 Å². The lowest BCUT2D eigenvalue weighted by Crippen LogP contribution is -2.41. The standard InChI is InChI=1S/C13H22N4O/c1-13(2,3)17-12(18)5-6-16-11-7-10(14-4)8-15-9-11/h7-9,14,16H,5-6H2,1-4H3,(H,17,18). The van der Waals surface area contributed by atoms with Crippen molar-refractivity contribution in [3.05, 3.63) is 18.5 Å². The number of nitrogens with one attached hydrogen (secondary N) is 3. The highest BCUT2D eigenvalue weighted by Gasteiger charge is 2.12. The number of pyridine rings is 1. The van der Waals surface area contributed by atoms with Gasteiger partial charge < -0.3 is 16.0 Å². The summed E-state index contributed by atoms with van der Waals surface area (Å²) in [5, 5.41) is 9.11. The molecule has 0 aliphatic rings. The van der Waals surface area contributed by atoms with Gasteiger partial charge in [0.15, 0.2) is 0 Å². The normalized spacial score (nSPS) is 10.9. The van der Waals surface area contributed by atoms with Crippen LogP contribution in [0.2, 0.25) is 0 Å². The van der Waals surface area contributed by atoms with Gasteiger partial charge in [-0.3, -0.25) is 9.78 Å². The first-order valence-electron chi connectivity index (χ1n) is 6.08. The molecule has 1 rings (SSSR count). The van der Waals surface area contributed by atoms with Crippen LogP contribution < -0.4 is 16.0 Å². The Labute approximate surface area is 108 Å². The molecule has 5 nitrogen and oxygen atoms in total. The lowest BCUT2D eigenvalue weighted by molar-refractivity contribution is -0.122. The Bertz CT molecular complexity index is 398. The van der Waals surface area contributed by atoms with Crippen LogP contribution in [0.4, 0.5) is 11.4 Å². The van der Waals surface area contributed by atoms with Crippen LogP contribution >= 0.6 is 0 Å². The maximum absolute atomic E-state index is 11.6. The van der Waals surface area contributed by atoms with Crippen LogP contribution in [0.1, 0.15) is 27.2 Å². The van der Waals surface area contributed by atoms with Crippen molar-refractivity contribution in [3.8, 4) is 0 Å². The molecule has 0 atom stereocenters.